The highest BCUT2D eigenvalue weighted by Crippen LogP contribution is 2.40. The van der Waals surface area contributed by atoms with Crippen molar-refractivity contribution in [3.8, 4) is 34.2 Å². The van der Waals surface area contributed by atoms with Crippen molar-refractivity contribution in [2.75, 3.05) is 0 Å². The lowest BCUT2D eigenvalue weighted by Gasteiger charge is -2.15. The third-order valence-electron chi connectivity index (χ3n) is 10.4. The molecule has 2 aliphatic rings. The molecule has 8 aromatic rings. The van der Waals surface area contributed by atoms with E-state index >= 15 is 0 Å². The zero-order valence-corrected chi connectivity index (χ0v) is 28.4. The van der Waals surface area contributed by atoms with E-state index in [4.69, 9.17) is 15.0 Å². The van der Waals surface area contributed by atoms with Crippen molar-refractivity contribution >= 4 is 44.4 Å². The third kappa shape index (κ3) is 4.96. The zero-order chi connectivity index (χ0) is 33.9. The average molecular weight is 658 g/mol. The summed E-state index contributed by atoms with van der Waals surface area (Å²) in [5, 5.41) is 3.82. The van der Waals surface area contributed by atoms with Gasteiger partial charge in [-0.2, -0.15) is 0 Å². The smallest absolute Gasteiger partial charge is 0.164 e. The van der Waals surface area contributed by atoms with E-state index < -0.39 is 0 Å². The Morgan fingerprint density at radius 1 is 0.588 bits per heavy atom. The van der Waals surface area contributed by atoms with Gasteiger partial charge in [0.1, 0.15) is 0 Å². The maximum absolute atomic E-state index is 5.05. The molecule has 5 nitrogen and oxygen atoms in total. The molecule has 0 aliphatic heterocycles. The van der Waals surface area contributed by atoms with Crippen molar-refractivity contribution in [1.82, 2.24) is 24.1 Å². The Hall–Kier alpha value is -6.33. The van der Waals surface area contributed by atoms with Crippen LogP contribution in [0.15, 0.2) is 146 Å². The Kier molecular flexibility index (Phi) is 6.91. The number of hydrogen-bond acceptors (Lipinski definition) is 3. The number of para-hydroxylation sites is 2. The van der Waals surface area contributed by atoms with Crippen LogP contribution in [-0.2, 0) is 6.42 Å². The summed E-state index contributed by atoms with van der Waals surface area (Å²) in [6, 6.07) is 43.2. The highest BCUT2D eigenvalue weighted by atomic mass is 15.0. The molecule has 51 heavy (non-hydrogen) atoms. The number of nitrogens with zero attached hydrogens (tertiary/aromatic N) is 5. The van der Waals surface area contributed by atoms with E-state index in [0.29, 0.717) is 17.6 Å². The quantitative estimate of drug-likeness (QED) is 0.185. The number of aromatic nitrogens is 5. The molecule has 0 amide bonds. The number of fused-ring (bicyclic) bond motifs is 6. The standard InChI is InChI=1S/C46H35N5/c1-30-13-12-16-33(27-30)46-48-44(31-14-4-2-5-15-31)47-45(49-46)32-23-25-35(26-24-32)51-41-22-11-9-20-37(41)39-28-42-38(29-43(39)51)36-19-8-10-21-40(36)50(42)34-17-6-3-7-18-34/h2-8,10-19,21-26,28-30H,9,20,27H2,1H3. The Bertz CT molecular complexity index is 2710. The lowest BCUT2D eigenvalue weighted by Crippen LogP contribution is -2.06. The first-order valence-electron chi connectivity index (χ1n) is 17.8. The van der Waals surface area contributed by atoms with Crippen LogP contribution in [0.2, 0.25) is 0 Å². The van der Waals surface area contributed by atoms with Crippen molar-refractivity contribution in [2.24, 2.45) is 5.92 Å². The lowest BCUT2D eigenvalue weighted by atomic mass is 9.95. The van der Waals surface area contributed by atoms with E-state index in [1.165, 1.54) is 49.7 Å². The van der Waals surface area contributed by atoms with Gasteiger partial charge in [-0.1, -0.05) is 98.0 Å². The molecule has 0 saturated carbocycles. The fraction of sp³-hybridized carbons (Fsp3) is 0.109. The average Bonchev–Trinajstić information content (AvgIpc) is 3.69. The first kappa shape index (κ1) is 29.6. The largest absolute Gasteiger partial charge is 0.310 e. The summed E-state index contributed by atoms with van der Waals surface area (Å²) in [7, 11) is 0. The molecule has 0 spiro atoms. The normalized spacial score (nSPS) is 15.5. The van der Waals surface area contributed by atoms with Gasteiger partial charge in [-0.3, -0.25) is 0 Å². The van der Waals surface area contributed by atoms with Crippen LogP contribution in [0.3, 0.4) is 0 Å². The summed E-state index contributed by atoms with van der Waals surface area (Å²) in [6.45, 7) is 2.23. The molecule has 1 atom stereocenters. The van der Waals surface area contributed by atoms with Gasteiger partial charge in [-0.05, 0) is 97.0 Å². The number of aryl methyl sites for hydroxylation is 1. The summed E-state index contributed by atoms with van der Waals surface area (Å²) in [6.07, 6.45) is 14.1. The van der Waals surface area contributed by atoms with Crippen LogP contribution < -0.4 is 0 Å². The minimum atomic E-state index is 0.442. The minimum absolute atomic E-state index is 0.442. The fourth-order valence-electron chi connectivity index (χ4n) is 7.96. The van der Waals surface area contributed by atoms with Crippen molar-refractivity contribution in [3.63, 3.8) is 0 Å². The molecule has 3 aromatic heterocycles. The molecular weight excluding hydrogens is 623 g/mol. The minimum Gasteiger partial charge on any atom is -0.310 e. The van der Waals surface area contributed by atoms with E-state index in [2.05, 4.69) is 150 Å². The predicted molar refractivity (Wildman–Crippen MR) is 210 cm³/mol. The molecule has 2 aliphatic carbocycles. The van der Waals surface area contributed by atoms with Crippen LogP contribution in [0.25, 0.3) is 78.5 Å². The fourth-order valence-corrected chi connectivity index (χ4v) is 7.96. The van der Waals surface area contributed by atoms with Crippen LogP contribution in [0.4, 0.5) is 0 Å². The summed E-state index contributed by atoms with van der Waals surface area (Å²) in [5.74, 6) is 2.56. The van der Waals surface area contributed by atoms with Crippen molar-refractivity contribution in [2.45, 2.75) is 26.2 Å². The maximum atomic E-state index is 5.05. The Morgan fingerprint density at radius 2 is 1.24 bits per heavy atom. The van der Waals surface area contributed by atoms with Crippen molar-refractivity contribution < 1.29 is 0 Å². The molecular formula is C46H35N5. The number of rotatable bonds is 5. The van der Waals surface area contributed by atoms with Gasteiger partial charge in [0.15, 0.2) is 17.5 Å². The Balaban J connectivity index is 1.14. The van der Waals surface area contributed by atoms with Crippen LogP contribution in [0.1, 0.15) is 36.8 Å². The summed E-state index contributed by atoms with van der Waals surface area (Å²) < 4.78 is 4.85. The molecule has 5 aromatic carbocycles. The molecule has 5 heteroatoms. The summed E-state index contributed by atoms with van der Waals surface area (Å²) >= 11 is 0. The van der Waals surface area contributed by atoms with Crippen molar-refractivity contribution in [1.29, 1.82) is 0 Å². The van der Waals surface area contributed by atoms with Gasteiger partial charge in [0.25, 0.3) is 0 Å². The van der Waals surface area contributed by atoms with Crippen LogP contribution in [0.5, 0.6) is 0 Å². The highest BCUT2D eigenvalue weighted by Gasteiger charge is 2.22. The second-order valence-electron chi connectivity index (χ2n) is 13.7. The number of benzene rings is 5. The molecule has 0 radical (unpaired) electrons. The van der Waals surface area contributed by atoms with Gasteiger partial charge in [-0.15, -0.1) is 0 Å². The van der Waals surface area contributed by atoms with Gasteiger partial charge in [0.05, 0.1) is 16.6 Å². The molecule has 244 valence electrons. The van der Waals surface area contributed by atoms with Crippen LogP contribution in [0, 0.1) is 5.92 Å². The van der Waals surface area contributed by atoms with Gasteiger partial charge in [0.2, 0.25) is 0 Å². The maximum Gasteiger partial charge on any atom is 0.164 e. The molecule has 3 heterocycles. The monoisotopic (exact) mass is 657 g/mol. The Labute approximate surface area is 296 Å². The summed E-state index contributed by atoms with van der Waals surface area (Å²) in [4.78, 5) is 15.0. The molecule has 0 saturated heterocycles. The molecule has 10 rings (SSSR count). The van der Waals surface area contributed by atoms with Gasteiger partial charge in [0, 0.05) is 44.4 Å². The first-order chi connectivity index (χ1) is 25.2. The van der Waals surface area contributed by atoms with Crippen molar-refractivity contribution in [3.05, 3.63) is 163 Å². The van der Waals surface area contributed by atoms with E-state index in [9.17, 15) is 0 Å². The third-order valence-corrected chi connectivity index (χ3v) is 10.4. The van der Waals surface area contributed by atoms with E-state index in [1.54, 1.807) is 0 Å². The second-order valence-corrected chi connectivity index (χ2v) is 13.7. The number of hydrogen-bond donors (Lipinski definition) is 0. The topological polar surface area (TPSA) is 48.5 Å². The van der Waals surface area contributed by atoms with E-state index in [-0.39, 0.29) is 0 Å². The predicted octanol–water partition coefficient (Wildman–Crippen LogP) is 11.2. The SMILES string of the molecule is CC1C=CC=C(c2nc(-c3ccccc3)nc(-c3ccc(-n4c5c(c6cc7c(cc64)c4ccccc4n7-c4ccccc4)CCC=C5)cc3)n2)C1. The van der Waals surface area contributed by atoms with Gasteiger partial charge in [-0.25, -0.2) is 15.0 Å². The van der Waals surface area contributed by atoms with E-state index in [1.807, 2.05) is 18.2 Å². The molecule has 0 fully saturated rings. The van der Waals surface area contributed by atoms with Crippen LogP contribution >= 0.6 is 0 Å². The van der Waals surface area contributed by atoms with Gasteiger partial charge >= 0.3 is 0 Å². The highest BCUT2D eigenvalue weighted by molar-refractivity contribution is 6.14. The van der Waals surface area contributed by atoms with E-state index in [0.717, 1.165) is 47.5 Å². The number of allylic oxidation sites excluding steroid dienone is 5. The molecule has 0 N–H and O–H groups in total. The van der Waals surface area contributed by atoms with Crippen LogP contribution in [-0.4, -0.2) is 24.1 Å². The molecule has 1 unspecified atom stereocenters. The van der Waals surface area contributed by atoms with Gasteiger partial charge < -0.3 is 9.13 Å². The lowest BCUT2D eigenvalue weighted by molar-refractivity contribution is 0.742. The molecule has 0 bridgehead atoms. The zero-order valence-electron chi connectivity index (χ0n) is 28.4. The Morgan fingerprint density at radius 3 is 2.02 bits per heavy atom. The second kappa shape index (κ2) is 11.9. The summed E-state index contributed by atoms with van der Waals surface area (Å²) in [5.41, 5.74) is 11.7. The first-order valence-corrected chi connectivity index (χ1v) is 17.8.